The molecular weight excluding hydrogens is 242 g/mol. The minimum Gasteiger partial charge on any atom is -0.379 e. The number of ether oxygens (including phenoxy) is 1. The number of carbonyl (C=O) groups is 1. The van der Waals surface area contributed by atoms with E-state index >= 15 is 0 Å². The number of nitrogens with one attached hydrogen (secondary N) is 1. The van der Waals surface area contributed by atoms with Crippen LogP contribution < -0.4 is 11.1 Å². The van der Waals surface area contributed by atoms with Gasteiger partial charge in [0.05, 0.1) is 19.6 Å². The molecule has 0 spiro atoms. The molecule has 1 aromatic carbocycles. The van der Waals surface area contributed by atoms with Gasteiger partial charge in [-0.2, -0.15) is 0 Å². The molecular formula is C14H19N3O2. The highest BCUT2D eigenvalue weighted by Gasteiger charge is 2.20. The van der Waals surface area contributed by atoms with Gasteiger partial charge in [0.2, 0.25) is 5.91 Å². The minimum atomic E-state index is -0.0147. The molecule has 1 fully saturated rings. The molecule has 1 atom stereocenters. The SMILES string of the molecule is NC(CN1CCOCC1)c1ccc2c(c1)CC(=O)N2. The van der Waals surface area contributed by atoms with Crippen LogP contribution in [0.15, 0.2) is 18.2 Å². The van der Waals surface area contributed by atoms with Crippen molar-refractivity contribution >= 4 is 11.6 Å². The van der Waals surface area contributed by atoms with Crippen LogP contribution in [0.1, 0.15) is 17.2 Å². The lowest BCUT2D eigenvalue weighted by atomic mass is 10.0. The van der Waals surface area contributed by atoms with Crippen LogP contribution in [0.4, 0.5) is 5.69 Å². The van der Waals surface area contributed by atoms with Crippen LogP contribution in [-0.2, 0) is 16.0 Å². The summed E-state index contributed by atoms with van der Waals surface area (Å²) in [7, 11) is 0. The summed E-state index contributed by atoms with van der Waals surface area (Å²) in [6.45, 7) is 4.30. The van der Waals surface area contributed by atoms with Crippen molar-refractivity contribution < 1.29 is 9.53 Å². The Morgan fingerprint density at radius 3 is 2.95 bits per heavy atom. The maximum atomic E-state index is 11.3. The molecule has 0 aliphatic carbocycles. The van der Waals surface area contributed by atoms with Crippen molar-refractivity contribution in [2.75, 3.05) is 38.2 Å². The van der Waals surface area contributed by atoms with Gasteiger partial charge in [-0.25, -0.2) is 0 Å². The fourth-order valence-corrected chi connectivity index (χ4v) is 2.65. The second-order valence-corrected chi connectivity index (χ2v) is 5.16. The fourth-order valence-electron chi connectivity index (χ4n) is 2.65. The van der Waals surface area contributed by atoms with E-state index < -0.39 is 0 Å². The van der Waals surface area contributed by atoms with Crippen LogP contribution in [0, 0.1) is 0 Å². The first-order chi connectivity index (χ1) is 9.22. The van der Waals surface area contributed by atoms with E-state index in [0.29, 0.717) is 6.42 Å². The summed E-state index contributed by atoms with van der Waals surface area (Å²) in [6, 6.07) is 6.00. The van der Waals surface area contributed by atoms with Gasteiger partial charge in [-0.05, 0) is 17.2 Å². The molecule has 3 N–H and O–H groups in total. The number of amides is 1. The molecule has 5 heteroatoms. The van der Waals surface area contributed by atoms with E-state index in [1.165, 1.54) is 0 Å². The Morgan fingerprint density at radius 1 is 1.37 bits per heavy atom. The number of nitrogens with two attached hydrogens (primary N) is 1. The number of hydrogen-bond donors (Lipinski definition) is 2. The number of morpholine rings is 1. The average Bonchev–Trinajstić information content (AvgIpc) is 2.78. The van der Waals surface area contributed by atoms with Crippen LogP contribution >= 0.6 is 0 Å². The summed E-state index contributed by atoms with van der Waals surface area (Å²) in [4.78, 5) is 13.7. The molecule has 1 aromatic rings. The second-order valence-electron chi connectivity index (χ2n) is 5.16. The van der Waals surface area contributed by atoms with Gasteiger partial charge in [0.15, 0.2) is 0 Å². The Kier molecular flexibility index (Phi) is 3.50. The molecule has 102 valence electrons. The minimum absolute atomic E-state index is 0.0147. The monoisotopic (exact) mass is 261 g/mol. The first kappa shape index (κ1) is 12.6. The summed E-state index contributed by atoms with van der Waals surface area (Å²) >= 11 is 0. The zero-order valence-electron chi connectivity index (χ0n) is 10.9. The molecule has 1 saturated heterocycles. The Morgan fingerprint density at radius 2 is 2.16 bits per heavy atom. The molecule has 0 bridgehead atoms. The van der Waals surface area contributed by atoms with Gasteiger partial charge in [0.1, 0.15) is 0 Å². The lowest BCUT2D eigenvalue weighted by Gasteiger charge is -2.29. The van der Waals surface area contributed by atoms with Crippen LogP contribution in [0.3, 0.4) is 0 Å². The Hall–Kier alpha value is -1.43. The lowest BCUT2D eigenvalue weighted by Crippen LogP contribution is -2.40. The van der Waals surface area contributed by atoms with Gasteiger partial charge in [-0.3, -0.25) is 9.69 Å². The van der Waals surface area contributed by atoms with E-state index in [1.54, 1.807) is 0 Å². The highest BCUT2D eigenvalue weighted by Crippen LogP contribution is 2.26. The van der Waals surface area contributed by atoms with E-state index in [1.807, 2.05) is 12.1 Å². The molecule has 0 aromatic heterocycles. The van der Waals surface area contributed by atoms with E-state index in [2.05, 4.69) is 16.3 Å². The fraction of sp³-hybridized carbons (Fsp3) is 0.500. The van der Waals surface area contributed by atoms with Crippen LogP contribution in [0.25, 0.3) is 0 Å². The van der Waals surface area contributed by atoms with E-state index in [-0.39, 0.29) is 11.9 Å². The summed E-state index contributed by atoms with van der Waals surface area (Å²) in [6.07, 6.45) is 0.466. The second kappa shape index (κ2) is 5.28. The topological polar surface area (TPSA) is 67.6 Å². The normalized spacial score (nSPS) is 21.0. The van der Waals surface area contributed by atoms with E-state index in [9.17, 15) is 4.79 Å². The first-order valence-electron chi connectivity index (χ1n) is 6.71. The Balaban J connectivity index is 1.68. The third-order valence-corrected chi connectivity index (χ3v) is 3.74. The Bertz CT molecular complexity index is 484. The van der Waals surface area contributed by atoms with Gasteiger partial charge >= 0.3 is 0 Å². The highest BCUT2D eigenvalue weighted by atomic mass is 16.5. The molecule has 0 saturated carbocycles. The van der Waals surface area contributed by atoms with Gasteiger partial charge in [-0.1, -0.05) is 12.1 Å². The van der Waals surface area contributed by atoms with Gasteiger partial charge < -0.3 is 15.8 Å². The number of benzene rings is 1. The lowest BCUT2D eigenvalue weighted by molar-refractivity contribution is -0.115. The smallest absolute Gasteiger partial charge is 0.228 e. The number of nitrogens with zero attached hydrogens (tertiary/aromatic N) is 1. The van der Waals surface area contributed by atoms with Gasteiger partial charge in [-0.15, -0.1) is 0 Å². The zero-order valence-corrected chi connectivity index (χ0v) is 10.9. The quantitative estimate of drug-likeness (QED) is 0.832. The van der Waals surface area contributed by atoms with Gasteiger partial charge in [0, 0.05) is 31.4 Å². The third kappa shape index (κ3) is 2.78. The molecule has 2 aliphatic heterocycles. The molecule has 19 heavy (non-hydrogen) atoms. The van der Waals surface area contributed by atoms with Crippen molar-refractivity contribution in [3.8, 4) is 0 Å². The molecule has 0 radical (unpaired) electrons. The third-order valence-electron chi connectivity index (χ3n) is 3.74. The van der Waals surface area contributed by atoms with Crippen LogP contribution in [0.2, 0.25) is 0 Å². The van der Waals surface area contributed by atoms with Crippen molar-refractivity contribution in [1.82, 2.24) is 4.90 Å². The highest BCUT2D eigenvalue weighted by molar-refractivity contribution is 5.99. The predicted molar refractivity (Wildman–Crippen MR) is 73.0 cm³/mol. The van der Waals surface area contributed by atoms with Crippen molar-refractivity contribution in [3.05, 3.63) is 29.3 Å². The number of anilines is 1. The first-order valence-corrected chi connectivity index (χ1v) is 6.71. The van der Waals surface area contributed by atoms with Gasteiger partial charge in [0.25, 0.3) is 0 Å². The van der Waals surface area contributed by atoms with E-state index in [0.717, 1.165) is 49.7 Å². The number of rotatable bonds is 3. The molecule has 3 rings (SSSR count). The summed E-state index contributed by atoms with van der Waals surface area (Å²) < 4.78 is 5.33. The number of fused-ring (bicyclic) bond motifs is 1. The molecule has 2 heterocycles. The van der Waals surface area contributed by atoms with Crippen molar-refractivity contribution in [3.63, 3.8) is 0 Å². The van der Waals surface area contributed by atoms with Crippen LogP contribution in [-0.4, -0.2) is 43.7 Å². The Labute approximate surface area is 112 Å². The summed E-state index contributed by atoms with van der Waals surface area (Å²) in [5, 5.41) is 2.84. The average molecular weight is 261 g/mol. The van der Waals surface area contributed by atoms with E-state index in [4.69, 9.17) is 10.5 Å². The molecule has 1 amide bonds. The maximum absolute atomic E-state index is 11.3. The van der Waals surface area contributed by atoms with Crippen LogP contribution in [0.5, 0.6) is 0 Å². The zero-order chi connectivity index (χ0) is 13.2. The predicted octanol–water partition coefficient (Wildman–Crippen LogP) is 0.513. The number of hydrogen-bond acceptors (Lipinski definition) is 4. The molecule has 1 unspecified atom stereocenters. The summed E-state index contributed by atoms with van der Waals surface area (Å²) in [5.41, 5.74) is 9.34. The maximum Gasteiger partial charge on any atom is 0.228 e. The molecule has 5 nitrogen and oxygen atoms in total. The summed E-state index contributed by atoms with van der Waals surface area (Å²) in [5.74, 6) is 0.0638. The van der Waals surface area contributed by atoms with Crippen molar-refractivity contribution in [1.29, 1.82) is 0 Å². The van der Waals surface area contributed by atoms with Crippen molar-refractivity contribution in [2.45, 2.75) is 12.5 Å². The van der Waals surface area contributed by atoms with Crippen molar-refractivity contribution in [2.24, 2.45) is 5.73 Å². The standard InChI is InChI=1S/C14H19N3O2/c15-12(9-17-3-5-19-6-4-17)10-1-2-13-11(7-10)8-14(18)16-13/h1-2,7,12H,3-6,8-9,15H2,(H,16,18). The number of carbonyl (C=O) groups excluding carboxylic acids is 1. The largest absolute Gasteiger partial charge is 0.379 e. The molecule has 2 aliphatic rings.